The van der Waals surface area contributed by atoms with Crippen LogP contribution < -0.4 is 15.4 Å². The second-order valence-electron chi connectivity index (χ2n) is 9.74. The first kappa shape index (κ1) is 27.8. The maximum atomic E-state index is 13.5. The van der Waals surface area contributed by atoms with Crippen LogP contribution in [0.1, 0.15) is 50.9 Å². The van der Waals surface area contributed by atoms with Gasteiger partial charge in [-0.25, -0.2) is 0 Å². The van der Waals surface area contributed by atoms with E-state index in [-0.39, 0.29) is 12.6 Å². The molecule has 1 atom stereocenters. The molecule has 0 aliphatic heterocycles. The number of nitriles is 1. The van der Waals surface area contributed by atoms with Crippen molar-refractivity contribution in [1.82, 2.24) is 4.57 Å². The number of halogens is 3. The summed E-state index contributed by atoms with van der Waals surface area (Å²) in [5.41, 5.74) is 3.30. The largest absolute Gasteiger partial charge is 0.495 e. The minimum Gasteiger partial charge on any atom is -0.495 e. The molecule has 1 aromatic heterocycles. The number of aryl methyl sites for hydroxylation is 1. The summed E-state index contributed by atoms with van der Waals surface area (Å²) in [6, 6.07) is 13.3. The van der Waals surface area contributed by atoms with E-state index in [0.717, 1.165) is 23.2 Å². The van der Waals surface area contributed by atoms with E-state index in [0.29, 0.717) is 28.0 Å². The average Bonchev–Trinajstić information content (AvgIpc) is 3.17. The molecule has 0 radical (unpaired) electrons. The number of hydrogen-bond donors (Lipinski definition) is 2. The van der Waals surface area contributed by atoms with Gasteiger partial charge in [0, 0.05) is 17.1 Å². The van der Waals surface area contributed by atoms with E-state index in [2.05, 4.69) is 35.5 Å². The number of rotatable bonds is 8. The van der Waals surface area contributed by atoms with E-state index in [1.54, 1.807) is 18.2 Å². The second kappa shape index (κ2) is 11.1. The van der Waals surface area contributed by atoms with E-state index in [1.807, 2.05) is 45.9 Å². The van der Waals surface area contributed by atoms with Crippen LogP contribution in [0.15, 0.2) is 36.4 Å². The fraction of sp³-hybridized carbons (Fsp3) is 0.414. The number of anilines is 2. The van der Waals surface area contributed by atoms with Crippen molar-refractivity contribution in [1.29, 1.82) is 5.26 Å². The van der Waals surface area contributed by atoms with Crippen LogP contribution in [-0.2, 0) is 12.0 Å². The Morgan fingerprint density at radius 3 is 2.46 bits per heavy atom. The van der Waals surface area contributed by atoms with E-state index in [4.69, 9.17) is 4.74 Å². The van der Waals surface area contributed by atoms with Crippen LogP contribution in [0.2, 0.25) is 0 Å². The molecule has 0 aliphatic rings. The third-order valence-electron chi connectivity index (χ3n) is 6.30. The van der Waals surface area contributed by atoms with Gasteiger partial charge < -0.3 is 19.9 Å². The van der Waals surface area contributed by atoms with Gasteiger partial charge in [0.05, 0.1) is 42.0 Å². The minimum atomic E-state index is -4.39. The molecule has 2 aromatic carbocycles. The Kier molecular flexibility index (Phi) is 8.33. The number of methoxy groups -OCH3 is 1. The quantitative estimate of drug-likeness (QED) is 0.321. The zero-order valence-corrected chi connectivity index (χ0v) is 22.1. The zero-order chi connectivity index (χ0) is 27.4. The molecule has 0 bridgehead atoms. The number of nitrogens with zero attached hydrogens (tertiary/aromatic N) is 2. The Morgan fingerprint density at radius 1 is 1.11 bits per heavy atom. The number of hydrogen-bond acceptors (Lipinski definition) is 4. The molecular formula is C29H33F3N4O. The smallest absolute Gasteiger partial charge is 0.406 e. The highest BCUT2D eigenvalue weighted by molar-refractivity contribution is 5.94. The van der Waals surface area contributed by atoms with E-state index in [9.17, 15) is 18.4 Å². The minimum absolute atomic E-state index is 0.176. The fourth-order valence-electron chi connectivity index (χ4n) is 4.00. The standard InChI is InChI=1S/C29H33F3N4O/c1-7-20(3)35-25-13-19(2)14-26-23(25)16-22(36(26)18-29(30,31)32)9-8-12-34-24-11-10-21(15-27(24)37-6)28(4,5)17-33/h10-11,13-16,20,34-35H,7,12,18H2,1-6H3. The Morgan fingerprint density at radius 2 is 1.84 bits per heavy atom. The van der Waals surface area contributed by atoms with Crippen molar-refractivity contribution in [2.45, 2.75) is 65.2 Å². The molecule has 0 aliphatic carbocycles. The van der Waals surface area contributed by atoms with Crippen LogP contribution in [0.5, 0.6) is 5.75 Å². The van der Waals surface area contributed by atoms with Crippen molar-refractivity contribution >= 4 is 22.3 Å². The number of aromatic nitrogens is 1. The van der Waals surface area contributed by atoms with Crippen LogP contribution in [0.3, 0.4) is 0 Å². The Balaban J connectivity index is 1.94. The summed E-state index contributed by atoms with van der Waals surface area (Å²) < 4.78 is 47.2. The lowest BCUT2D eigenvalue weighted by atomic mass is 9.86. The van der Waals surface area contributed by atoms with Crippen LogP contribution in [0.25, 0.3) is 10.9 Å². The summed E-state index contributed by atoms with van der Waals surface area (Å²) in [5.74, 6) is 6.44. The molecule has 1 heterocycles. The summed E-state index contributed by atoms with van der Waals surface area (Å²) in [6.07, 6.45) is -3.50. The molecule has 2 N–H and O–H groups in total. The molecule has 3 aromatic rings. The molecule has 0 amide bonds. The SMILES string of the molecule is CCC(C)Nc1cc(C)cc2c1cc(C#CCNc1ccc(C(C)(C)C#N)cc1OC)n2CC(F)(F)F. The summed E-state index contributed by atoms with van der Waals surface area (Å²) in [5, 5.41) is 16.7. The van der Waals surface area contributed by atoms with Crippen molar-refractivity contribution in [3.63, 3.8) is 0 Å². The Labute approximate surface area is 216 Å². The number of alkyl halides is 3. The first-order valence-electron chi connectivity index (χ1n) is 12.2. The number of benzene rings is 2. The highest BCUT2D eigenvalue weighted by Gasteiger charge is 2.30. The van der Waals surface area contributed by atoms with Gasteiger partial charge in [0.15, 0.2) is 0 Å². The molecule has 196 valence electrons. The summed E-state index contributed by atoms with van der Waals surface area (Å²) in [6.45, 7) is 8.69. The van der Waals surface area contributed by atoms with Crippen molar-refractivity contribution in [2.75, 3.05) is 24.3 Å². The molecule has 1 unspecified atom stereocenters. The molecular weight excluding hydrogens is 477 g/mol. The predicted molar refractivity (Wildman–Crippen MR) is 143 cm³/mol. The van der Waals surface area contributed by atoms with Crippen molar-refractivity contribution in [2.24, 2.45) is 0 Å². The molecule has 0 saturated heterocycles. The normalized spacial score (nSPS) is 12.4. The first-order chi connectivity index (χ1) is 17.4. The van der Waals surface area contributed by atoms with Gasteiger partial charge in [0.25, 0.3) is 0 Å². The topological polar surface area (TPSA) is 62.0 Å². The summed E-state index contributed by atoms with van der Waals surface area (Å²) in [7, 11) is 1.54. The monoisotopic (exact) mass is 510 g/mol. The predicted octanol–water partition coefficient (Wildman–Crippen LogP) is 7.00. The van der Waals surface area contributed by atoms with Crippen LogP contribution in [0.4, 0.5) is 24.5 Å². The summed E-state index contributed by atoms with van der Waals surface area (Å²) in [4.78, 5) is 0. The second-order valence-corrected chi connectivity index (χ2v) is 9.74. The molecule has 37 heavy (non-hydrogen) atoms. The first-order valence-corrected chi connectivity index (χ1v) is 12.2. The van der Waals surface area contributed by atoms with Crippen molar-refractivity contribution in [3.8, 4) is 23.7 Å². The molecule has 0 saturated carbocycles. The molecule has 3 rings (SSSR count). The van der Waals surface area contributed by atoms with E-state index >= 15 is 0 Å². The lowest BCUT2D eigenvalue weighted by Crippen LogP contribution is -2.18. The van der Waals surface area contributed by atoms with Gasteiger partial charge in [-0.1, -0.05) is 18.9 Å². The number of fused-ring (bicyclic) bond motifs is 1. The van der Waals surface area contributed by atoms with Gasteiger partial charge in [-0.15, -0.1) is 0 Å². The van der Waals surface area contributed by atoms with E-state index in [1.165, 1.54) is 11.7 Å². The van der Waals surface area contributed by atoms with Gasteiger partial charge in [-0.2, -0.15) is 18.4 Å². The lowest BCUT2D eigenvalue weighted by Gasteiger charge is -2.18. The van der Waals surface area contributed by atoms with Gasteiger partial charge in [0.1, 0.15) is 12.3 Å². The number of ether oxygens (including phenoxy) is 1. The third kappa shape index (κ3) is 6.71. The molecule has 0 fully saturated rings. The fourth-order valence-corrected chi connectivity index (χ4v) is 4.00. The van der Waals surface area contributed by atoms with Crippen LogP contribution in [-0.4, -0.2) is 30.4 Å². The molecule has 8 heteroatoms. The van der Waals surface area contributed by atoms with Gasteiger partial charge in [0.2, 0.25) is 0 Å². The highest BCUT2D eigenvalue weighted by atomic mass is 19.4. The van der Waals surface area contributed by atoms with Gasteiger partial charge >= 0.3 is 6.18 Å². The average molecular weight is 511 g/mol. The summed E-state index contributed by atoms with van der Waals surface area (Å²) >= 11 is 0. The lowest BCUT2D eigenvalue weighted by molar-refractivity contribution is -0.140. The third-order valence-corrected chi connectivity index (χ3v) is 6.30. The maximum absolute atomic E-state index is 13.5. The van der Waals surface area contributed by atoms with Crippen molar-refractivity contribution in [3.05, 3.63) is 53.2 Å². The maximum Gasteiger partial charge on any atom is 0.406 e. The van der Waals surface area contributed by atoms with E-state index < -0.39 is 18.1 Å². The zero-order valence-electron chi connectivity index (χ0n) is 22.1. The number of nitrogens with one attached hydrogen (secondary N) is 2. The van der Waals surface area contributed by atoms with Gasteiger partial charge in [-0.05, 0) is 81.5 Å². The Hall–Kier alpha value is -3.78. The molecule has 5 nitrogen and oxygen atoms in total. The Bertz CT molecular complexity index is 1370. The van der Waals surface area contributed by atoms with Gasteiger partial charge in [-0.3, -0.25) is 0 Å². The molecule has 0 spiro atoms. The van der Waals surface area contributed by atoms with Crippen molar-refractivity contribution < 1.29 is 17.9 Å². The van der Waals surface area contributed by atoms with Crippen LogP contribution in [0, 0.1) is 30.1 Å². The highest BCUT2D eigenvalue weighted by Crippen LogP contribution is 2.33. The van der Waals surface area contributed by atoms with Crippen LogP contribution >= 0.6 is 0 Å².